The maximum Gasteiger partial charge on any atom is 0.203 e. The molecule has 12 heavy (non-hydrogen) atoms. The second-order valence-electron chi connectivity index (χ2n) is 2.21. The predicted octanol–water partition coefficient (Wildman–Crippen LogP) is 2.04. The number of carbonyl (C=O) groups is 2. The molecule has 66 valence electrons. The van der Waals surface area contributed by atoms with Crippen LogP contribution in [-0.4, -0.2) is 21.3 Å². The second-order valence-corrected chi connectivity index (χ2v) is 4.44. The van der Waals surface area contributed by atoms with E-state index in [-0.39, 0.29) is 5.03 Å². The minimum atomic E-state index is -1.89. The van der Waals surface area contributed by atoms with Crippen LogP contribution in [0.2, 0.25) is 0 Å². The first-order valence-corrected chi connectivity index (χ1v) is 4.42. The molecule has 0 aliphatic heterocycles. The Morgan fingerprint density at radius 3 is 2.33 bits per heavy atom. The molecule has 6 heteroatoms. The lowest BCUT2D eigenvalue weighted by Gasteiger charge is -2.24. The fraction of sp³-hybridized carbons (Fsp3) is 0.333. The minimum absolute atomic E-state index is 0.239. The molecule has 1 aliphatic carbocycles. The van der Waals surface area contributed by atoms with Gasteiger partial charge in [-0.05, 0) is 0 Å². The molecular weight excluding hydrogens is 246 g/mol. The number of allylic oxidation sites excluding steroid dienone is 2. The van der Waals surface area contributed by atoms with E-state index in [1.807, 2.05) is 0 Å². The molecule has 0 heterocycles. The Morgan fingerprint density at radius 2 is 1.83 bits per heavy atom. The number of hydrogen-bond donors (Lipinski definition) is 0. The summed E-state index contributed by atoms with van der Waals surface area (Å²) in [6, 6.07) is 0. The van der Waals surface area contributed by atoms with E-state index < -0.39 is 21.3 Å². The van der Waals surface area contributed by atoms with Crippen molar-refractivity contribution in [3.8, 4) is 0 Å². The maximum absolute atomic E-state index is 11.0. The average molecular weight is 248 g/mol. The molecule has 0 saturated heterocycles. The van der Waals surface area contributed by atoms with E-state index in [4.69, 9.17) is 46.4 Å². The lowest BCUT2D eigenvalue weighted by atomic mass is 10.0. The van der Waals surface area contributed by atoms with Crippen LogP contribution in [0.25, 0.3) is 0 Å². The van der Waals surface area contributed by atoms with Gasteiger partial charge in [-0.15, -0.1) is 11.6 Å². The van der Waals surface area contributed by atoms with Gasteiger partial charge in [-0.1, -0.05) is 34.8 Å². The number of ketones is 2. The Morgan fingerprint density at radius 1 is 1.33 bits per heavy atom. The van der Waals surface area contributed by atoms with Crippen molar-refractivity contribution in [3.05, 3.63) is 11.1 Å². The van der Waals surface area contributed by atoms with Crippen LogP contribution < -0.4 is 0 Å². The minimum Gasteiger partial charge on any atom is -0.291 e. The Labute approximate surface area is 88.4 Å². The number of Topliss-reactive ketones (excluding diaryl/α,β-unsaturated/α-hetero) is 1. The normalized spacial score (nSPS) is 28.7. The van der Waals surface area contributed by atoms with Gasteiger partial charge in [0, 0.05) is 6.08 Å². The zero-order valence-corrected chi connectivity index (χ0v) is 8.51. The first-order valence-electron chi connectivity index (χ1n) is 2.85. The van der Waals surface area contributed by atoms with Gasteiger partial charge >= 0.3 is 0 Å². The van der Waals surface area contributed by atoms with E-state index in [9.17, 15) is 9.59 Å². The van der Waals surface area contributed by atoms with Gasteiger partial charge in [0.25, 0.3) is 0 Å². The van der Waals surface area contributed by atoms with E-state index in [0.717, 1.165) is 6.08 Å². The summed E-state index contributed by atoms with van der Waals surface area (Å²) in [6.45, 7) is 0. The second kappa shape index (κ2) is 3.18. The highest BCUT2D eigenvalue weighted by Crippen LogP contribution is 2.37. The summed E-state index contributed by atoms with van der Waals surface area (Å²) in [4.78, 5) is 22.1. The molecule has 0 saturated carbocycles. The molecule has 1 atom stereocenters. The third-order valence-corrected chi connectivity index (χ3v) is 3.22. The lowest BCUT2D eigenvalue weighted by molar-refractivity contribution is -0.121. The van der Waals surface area contributed by atoms with Crippen molar-refractivity contribution in [3.63, 3.8) is 0 Å². The van der Waals surface area contributed by atoms with Crippen LogP contribution in [0.1, 0.15) is 0 Å². The first-order chi connectivity index (χ1) is 5.37. The number of rotatable bonds is 0. The van der Waals surface area contributed by atoms with Gasteiger partial charge < -0.3 is 0 Å². The van der Waals surface area contributed by atoms with Crippen LogP contribution in [0.15, 0.2) is 11.1 Å². The highest BCUT2D eigenvalue weighted by Gasteiger charge is 2.48. The van der Waals surface area contributed by atoms with Crippen LogP contribution in [-0.2, 0) is 9.59 Å². The number of halogens is 4. The smallest absolute Gasteiger partial charge is 0.203 e. The zero-order valence-electron chi connectivity index (χ0n) is 5.48. The SMILES string of the molecule is O=C1C(Cl)=CC(=O)C(Cl)(Cl)C1Cl. The summed E-state index contributed by atoms with van der Waals surface area (Å²) < 4.78 is -1.89. The van der Waals surface area contributed by atoms with Gasteiger partial charge in [0.05, 0.1) is 5.03 Å². The van der Waals surface area contributed by atoms with Crippen molar-refractivity contribution in [1.82, 2.24) is 0 Å². The molecule has 0 N–H and O–H groups in total. The number of alkyl halides is 3. The predicted molar refractivity (Wildman–Crippen MR) is 48.0 cm³/mol. The summed E-state index contributed by atoms with van der Waals surface area (Å²) in [6.07, 6.45) is 0.878. The fourth-order valence-electron chi connectivity index (χ4n) is 0.693. The van der Waals surface area contributed by atoms with E-state index in [1.54, 1.807) is 0 Å². The van der Waals surface area contributed by atoms with Gasteiger partial charge in [0.1, 0.15) is 5.38 Å². The highest BCUT2D eigenvalue weighted by atomic mass is 35.5. The topological polar surface area (TPSA) is 34.1 Å². The molecule has 1 rings (SSSR count). The average Bonchev–Trinajstić information content (AvgIpc) is 1.99. The molecule has 1 unspecified atom stereocenters. The van der Waals surface area contributed by atoms with Crippen LogP contribution in [0.5, 0.6) is 0 Å². The summed E-state index contributed by atoms with van der Waals surface area (Å²) >= 11 is 21.8. The molecule has 0 bridgehead atoms. The maximum atomic E-state index is 11.0. The van der Waals surface area contributed by atoms with E-state index in [1.165, 1.54) is 0 Å². The molecule has 0 fully saturated rings. The number of carbonyl (C=O) groups excluding carboxylic acids is 2. The Balaban J connectivity index is 3.17. The van der Waals surface area contributed by atoms with E-state index in [2.05, 4.69) is 0 Å². The third-order valence-electron chi connectivity index (χ3n) is 1.37. The van der Waals surface area contributed by atoms with Gasteiger partial charge in [0.2, 0.25) is 4.33 Å². The molecule has 0 aromatic rings. The first kappa shape index (κ1) is 10.3. The van der Waals surface area contributed by atoms with Crippen LogP contribution >= 0.6 is 46.4 Å². The van der Waals surface area contributed by atoms with Gasteiger partial charge in [-0.3, -0.25) is 9.59 Å². The van der Waals surface area contributed by atoms with Crippen LogP contribution in [0, 0.1) is 0 Å². The zero-order chi connectivity index (χ0) is 9.52. The van der Waals surface area contributed by atoms with Gasteiger partial charge in [-0.2, -0.15) is 0 Å². The van der Waals surface area contributed by atoms with E-state index >= 15 is 0 Å². The molecule has 1 aliphatic rings. The molecule has 0 amide bonds. The molecule has 0 spiro atoms. The fourth-order valence-corrected chi connectivity index (χ4v) is 1.49. The number of hydrogen-bond acceptors (Lipinski definition) is 2. The monoisotopic (exact) mass is 246 g/mol. The Kier molecular flexibility index (Phi) is 2.74. The quantitative estimate of drug-likeness (QED) is 0.614. The molecule has 0 radical (unpaired) electrons. The van der Waals surface area contributed by atoms with Crippen molar-refractivity contribution in [2.45, 2.75) is 9.71 Å². The molecular formula is C6H2Cl4O2. The van der Waals surface area contributed by atoms with Crippen molar-refractivity contribution < 1.29 is 9.59 Å². The lowest BCUT2D eigenvalue weighted by Crippen LogP contribution is -2.43. The van der Waals surface area contributed by atoms with Crippen molar-refractivity contribution >= 4 is 58.0 Å². The standard InChI is InChI=1S/C6H2Cl4O2/c7-2-1-3(11)6(9,10)5(8)4(2)12/h1,5H. The van der Waals surface area contributed by atoms with Gasteiger partial charge in [-0.25, -0.2) is 0 Å². The van der Waals surface area contributed by atoms with Crippen molar-refractivity contribution in [2.24, 2.45) is 0 Å². The third kappa shape index (κ3) is 1.49. The van der Waals surface area contributed by atoms with E-state index in [0.29, 0.717) is 0 Å². The van der Waals surface area contributed by atoms with Crippen molar-refractivity contribution in [1.29, 1.82) is 0 Å². The summed E-state index contributed by atoms with van der Waals surface area (Å²) in [7, 11) is 0. The van der Waals surface area contributed by atoms with Crippen molar-refractivity contribution in [2.75, 3.05) is 0 Å². The van der Waals surface area contributed by atoms with Crippen LogP contribution in [0.3, 0.4) is 0 Å². The summed E-state index contributed by atoms with van der Waals surface area (Å²) in [5, 5.41) is -1.55. The summed E-state index contributed by atoms with van der Waals surface area (Å²) in [5.41, 5.74) is 0. The van der Waals surface area contributed by atoms with Crippen LogP contribution in [0.4, 0.5) is 0 Å². The molecule has 0 aromatic carbocycles. The Bertz CT molecular complexity index is 281. The van der Waals surface area contributed by atoms with Gasteiger partial charge in [0.15, 0.2) is 11.6 Å². The highest BCUT2D eigenvalue weighted by molar-refractivity contribution is 6.68. The Hall–Kier alpha value is 0.240. The summed E-state index contributed by atoms with van der Waals surface area (Å²) in [5.74, 6) is -1.31. The largest absolute Gasteiger partial charge is 0.291 e. The molecule has 2 nitrogen and oxygen atoms in total. The molecule has 0 aromatic heterocycles.